The first-order valence-corrected chi connectivity index (χ1v) is 7.36. The molecule has 1 aromatic carbocycles. The molecule has 1 aliphatic heterocycles. The van der Waals surface area contributed by atoms with Gasteiger partial charge in [0.2, 0.25) is 0 Å². The third kappa shape index (κ3) is 3.18. The summed E-state index contributed by atoms with van der Waals surface area (Å²) in [7, 11) is 1.48. The van der Waals surface area contributed by atoms with Crippen molar-refractivity contribution in [2.24, 2.45) is 0 Å². The highest BCUT2D eigenvalue weighted by molar-refractivity contribution is 8.00. The standard InChI is InChI=1S/C14H20FNOS/c1-9-6-12(8-18-9)16-10(2)11-4-5-14(17-3)13(15)7-11/h4-5,7,9-10,12,16H,6,8H2,1-3H3. The normalized spacial score (nSPS) is 25.1. The van der Waals surface area contributed by atoms with Gasteiger partial charge < -0.3 is 10.1 Å². The van der Waals surface area contributed by atoms with E-state index in [1.54, 1.807) is 12.1 Å². The predicted molar refractivity (Wildman–Crippen MR) is 74.8 cm³/mol. The summed E-state index contributed by atoms with van der Waals surface area (Å²) in [5.41, 5.74) is 0.970. The molecule has 0 saturated carbocycles. The van der Waals surface area contributed by atoms with Crippen molar-refractivity contribution in [1.82, 2.24) is 5.32 Å². The van der Waals surface area contributed by atoms with Crippen LogP contribution in [0, 0.1) is 5.82 Å². The number of rotatable bonds is 4. The average Bonchev–Trinajstić information content (AvgIpc) is 2.74. The Morgan fingerprint density at radius 2 is 2.28 bits per heavy atom. The molecule has 0 aliphatic carbocycles. The van der Waals surface area contributed by atoms with Crippen LogP contribution in [0.2, 0.25) is 0 Å². The number of thioether (sulfide) groups is 1. The van der Waals surface area contributed by atoms with E-state index in [0.29, 0.717) is 11.8 Å². The van der Waals surface area contributed by atoms with E-state index in [2.05, 4.69) is 19.2 Å². The lowest BCUT2D eigenvalue weighted by molar-refractivity contribution is 0.385. The molecule has 0 amide bonds. The summed E-state index contributed by atoms with van der Waals surface area (Å²) < 4.78 is 18.6. The fourth-order valence-corrected chi connectivity index (χ4v) is 3.50. The maximum atomic E-state index is 13.6. The van der Waals surface area contributed by atoms with E-state index >= 15 is 0 Å². The number of methoxy groups -OCH3 is 1. The molecule has 4 heteroatoms. The summed E-state index contributed by atoms with van der Waals surface area (Å²) >= 11 is 2.00. The lowest BCUT2D eigenvalue weighted by Crippen LogP contribution is -2.31. The molecule has 1 aliphatic rings. The molecule has 1 N–H and O–H groups in total. The number of hydrogen-bond acceptors (Lipinski definition) is 3. The molecule has 3 atom stereocenters. The second kappa shape index (κ2) is 5.93. The van der Waals surface area contributed by atoms with Gasteiger partial charge in [-0.3, -0.25) is 0 Å². The van der Waals surface area contributed by atoms with Gasteiger partial charge in [-0.2, -0.15) is 11.8 Å². The third-order valence-corrected chi connectivity index (χ3v) is 4.72. The monoisotopic (exact) mass is 269 g/mol. The van der Waals surface area contributed by atoms with Gasteiger partial charge in [0.1, 0.15) is 0 Å². The SMILES string of the molecule is COc1ccc(C(C)NC2CSC(C)C2)cc1F. The van der Waals surface area contributed by atoms with E-state index in [1.165, 1.54) is 13.5 Å². The number of hydrogen-bond donors (Lipinski definition) is 1. The van der Waals surface area contributed by atoms with E-state index in [4.69, 9.17) is 4.74 Å². The third-order valence-electron chi connectivity index (χ3n) is 3.36. The molecule has 2 rings (SSSR count). The van der Waals surface area contributed by atoms with Crippen LogP contribution >= 0.6 is 11.8 Å². The Morgan fingerprint density at radius 1 is 1.50 bits per heavy atom. The molecule has 0 spiro atoms. The quantitative estimate of drug-likeness (QED) is 0.905. The highest BCUT2D eigenvalue weighted by Gasteiger charge is 2.23. The lowest BCUT2D eigenvalue weighted by atomic mass is 10.1. The number of halogens is 1. The topological polar surface area (TPSA) is 21.3 Å². The Bertz CT molecular complexity index is 413. The average molecular weight is 269 g/mol. The smallest absolute Gasteiger partial charge is 0.165 e. The van der Waals surface area contributed by atoms with E-state index in [9.17, 15) is 4.39 Å². The van der Waals surface area contributed by atoms with Crippen molar-refractivity contribution in [2.45, 2.75) is 37.6 Å². The number of ether oxygens (including phenoxy) is 1. The van der Waals surface area contributed by atoms with E-state index in [0.717, 1.165) is 16.6 Å². The molecule has 0 aromatic heterocycles. The Labute approximate surface area is 112 Å². The van der Waals surface area contributed by atoms with Crippen LogP contribution in [0.1, 0.15) is 31.9 Å². The summed E-state index contributed by atoms with van der Waals surface area (Å²) in [6, 6.07) is 5.87. The fraction of sp³-hybridized carbons (Fsp3) is 0.571. The Morgan fingerprint density at radius 3 is 2.83 bits per heavy atom. The molecular weight excluding hydrogens is 249 g/mol. The van der Waals surface area contributed by atoms with Gasteiger partial charge in [0, 0.05) is 23.1 Å². The van der Waals surface area contributed by atoms with Crippen LogP contribution in [0.25, 0.3) is 0 Å². The van der Waals surface area contributed by atoms with Crippen molar-refractivity contribution in [3.8, 4) is 5.75 Å². The van der Waals surface area contributed by atoms with Gasteiger partial charge in [-0.15, -0.1) is 0 Å². The van der Waals surface area contributed by atoms with Gasteiger partial charge in [-0.25, -0.2) is 4.39 Å². The van der Waals surface area contributed by atoms with Crippen molar-refractivity contribution in [1.29, 1.82) is 0 Å². The van der Waals surface area contributed by atoms with Gasteiger partial charge in [0.05, 0.1) is 7.11 Å². The Hall–Kier alpha value is -0.740. The van der Waals surface area contributed by atoms with E-state index in [-0.39, 0.29) is 11.9 Å². The predicted octanol–water partition coefficient (Wildman–Crippen LogP) is 3.38. The molecule has 1 heterocycles. The van der Waals surface area contributed by atoms with Crippen LogP contribution in [0.4, 0.5) is 4.39 Å². The molecule has 3 unspecified atom stereocenters. The van der Waals surface area contributed by atoms with Crippen LogP contribution in [-0.2, 0) is 0 Å². The van der Waals surface area contributed by atoms with Crippen LogP contribution < -0.4 is 10.1 Å². The second-order valence-electron chi connectivity index (χ2n) is 4.86. The van der Waals surface area contributed by atoms with Gasteiger partial charge >= 0.3 is 0 Å². The zero-order valence-electron chi connectivity index (χ0n) is 11.1. The largest absolute Gasteiger partial charge is 0.494 e. The molecule has 1 aromatic rings. The minimum Gasteiger partial charge on any atom is -0.494 e. The second-order valence-corrected chi connectivity index (χ2v) is 6.33. The van der Waals surface area contributed by atoms with Crippen molar-refractivity contribution in [2.75, 3.05) is 12.9 Å². The van der Waals surface area contributed by atoms with Crippen LogP contribution in [0.15, 0.2) is 18.2 Å². The zero-order chi connectivity index (χ0) is 13.1. The van der Waals surface area contributed by atoms with Gasteiger partial charge in [0.15, 0.2) is 11.6 Å². The maximum Gasteiger partial charge on any atom is 0.165 e. The Balaban J connectivity index is 2.00. The maximum absolute atomic E-state index is 13.6. The molecule has 2 nitrogen and oxygen atoms in total. The molecule has 0 radical (unpaired) electrons. The highest BCUT2D eigenvalue weighted by Crippen LogP contribution is 2.28. The van der Waals surface area contributed by atoms with Gasteiger partial charge in [-0.1, -0.05) is 13.0 Å². The van der Waals surface area contributed by atoms with Gasteiger partial charge in [0.25, 0.3) is 0 Å². The minimum absolute atomic E-state index is 0.168. The first-order chi connectivity index (χ1) is 8.60. The van der Waals surface area contributed by atoms with Crippen molar-refractivity contribution in [3.05, 3.63) is 29.6 Å². The minimum atomic E-state index is -0.294. The van der Waals surface area contributed by atoms with Crippen LogP contribution in [-0.4, -0.2) is 24.2 Å². The summed E-state index contributed by atoms with van der Waals surface area (Å²) in [4.78, 5) is 0. The first kappa shape index (κ1) is 13.7. The summed E-state index contributed by atoms with van der Waals surface area (Å²) in [5, 5.41) is 4.29. The van der Waals surface area contributed by atoms with Crippen molar-refractivity contribution in [3.63, 3.8) is 0 Å². The zero-order valence-corrected chi connectivity index (χ0v) is 11.9. The lowest BCUT2D eigenvalue weighted by Gasteiger charge is -2.19. The van der Waals surface area contributed by atoms with Crippen LogP contribution in [0.5, 0.6) is 5.75 Å². The summed E-state index contributed by atoms with van der Waals surface area (Å²) in [6.45, 7) is 4.33. The highest BCUT2D eigenvalue weighted by atomic mass is 32.2. The molecule has 18 heavy (non-hydrogen) atoms. The van der Waals surface area contributed by atoms with Crippen LogP contribution in [0.3, 0.4) is 0 Å². The van der Waals surface area contributed by atoms with E-state index in [1.807, 2.05) is 17.8 Å². The van der Waals surface area contributed by atoms with Crippen molar-refractivity contribution >= 4 is 11.8 Å². The summed E-state index contributed by atoms with van der Waals surface area (Å²) in [5.74, 6) is 1.15. The molecule has 1 saturated heterocycles. The van der Waals surface area contributed by atoms with Gasteiger partial charge in [-0.05, 0) is 31.0 Å². The van der Waals surface area contributed by atoms with Crippen molar-refractivity contribution < 1.29 is 9.13 Å². The number of nitrogens with one attached hydrogen (secondary N) is 1. The fourth-order valence-electron chi connectivity index (χ4n) is 2.34. The molecule has 100 valence electrons. The van der Waals surface area contributed by atoms with E-state index < -0.39 is 0 Å². The molecule has 0 bridgehead atoms. The molecular formula is C14H20FNOS. The number of benzene rings is 1. The summed E-state index contributed by atoms with van der Waals surface area (Å²) in [6.07, 6.45) is 1.19. The Kier molecular flexibility index (Phi) is 4.51. The first-order valence-electron chi connectivity index (χ1n) is 6.31. The molecule has 1 fully saturated rings.